The minimum Gasteiger partial charge on any atom is -0.508 e. The van der Waals surface area contributed by atoms with Gasteiger partial charge in [0.25, 0.3) is 0 Å². The van der Waals surface area contributed by atoms with E-state index in [2.05, 4.69) is 4.98 Å². The van der Waals surface area contributed by atoms with Crippen molar-refractivity contribution < 1.29 is 10.2 Å². The van der Waals surface area contributed by atoms with E-state index >= 15 is 0 Å². The Morgan fingerprint density at radius 2 is 1.93 bits per heavy atom. The Hall–Kier alpha value is -1.81. The Balaban J connectivity index is 2.36. The summed E-state index contributed by atoms with van der Waals surface area (Å²) in [6, 6.07) is 6.90. The highest BCUT2D eigenvalue weighted by Crippen LogP contribution is 2.21. The summed E-state index contributed by atoms with van der Waals surface area (Å²) < 4.78 is 1.87. The monoisotopic (exact) mass is 204 g/mol. The number of phenolic OH excluding ortho intramolecular Hbond substituents is 1. The lowest BCUT2D eigenvalue weighted by atomic mass is 10.1. The molecule has 0 amide bonds. The summed E-state index contributed by atoms with van der Waals surface area (Å²) in [6.07, 6.45) is 3.42. The first-order valence-corrected chi connectivity index (χ1v) is 4.71. The maximum absolute atomic E-state index is 9.16. The van der Waals surface area contributed by atoms with Gasteiger partial charge in [-0.15, -0.1) is 0 Å². The maximum atomic E-state index is 9.16. The second-order valence-electron chi connectivity index (χ2n) is 3.24. The fourth-order valence-electron chi connectivity index (χ4n) is 1.48. The highest BCUT2D eigenvalue weighted by molar-refractivity contribution is 5.59. The topological polar surface area (TPSA) is 58.3 Å². The number of aliphatic hydroxyl groups is 1. The summed E-state index contributed by atoms with van der Waals surface area (Å²) in [7, 11) is 0. The molecule has 2 aromatic rings. The van der Waals surface area contributed by atoms with Crippen molar-refractivity contribution in [3.63, 3.8) is 0 Å². The number of benzene rings is 1. The van der Waals surface area contributed by atoms with Crippen LogP contribution in [0.4, 0.5) is 0 Å². The lowest BCUT2D eigenvalue weighted by Gasteiger charge is -2.06. The molecule has 0 saturated heterocycles. The Kier molecular flexibility index (Phi) is 2.69. The number of aromatic nitrogens is 2. The van der Waals surface area contributed by atoms with Gasteiger partial charge in [-0.2, -0.15) is 0 Å². The maximum Gasteiger partial charge on any atom is 0.115 e. The molecule has 0 unspecified atom stereocenters. The van der Waals surface area contributed by atoms with Crippen LogP contribution in [0.25, 0.3) is 11.3 Å². The average molecular weight is 204 g/mol. The van der Waals surface area contributed by atoms with E-state index in [4.69, 9.17) is 10.2 Å². The molecule has 0 radical (unpaired) electrons. The SMILES string of the molecule is OCCn1cncc1-c1ccc(O)cc1. The highest BCUT2D eigenvalue weighted by Gasteiger charge is 2.03. The van der Waals surface area contributed by atoms with Crippen LogP contribution in [0.1, 0.15) is 0 Å². The average Bonchev–Trinajstić information content (AvgIpc) is 2.68. The van der Waals surface area contributed by atoms with Gasteiger partial charge in [0, 0.05) is 12.1 Å². The third kappa shape index (κ3) is 1.99. The second kappa shape index (κ2) is 4.14. The predicted octanol–water partition coefficient (Wildman–Crippen LogP) is 1.25. The standard InChI is InChI=1S/C11H12N2O2/c14-6-5-13-8-12-7-11(13)9-1-3-10(15)4-2-9/h1-4,7-8,14-15H,5-6H2. The van der Waals surface area contributed by atoms with Crippen LogP contribution < -0.4 is 0 Å². The summed E-state index contributed by atoms with van der Waals surface area (Å²) in [6.45, 7) is 0.609. The van der Waals surface area contributed by atoms with E-state index in [-0.39, 0.29) is 12.4 Å². The van der Waals surface area contributed by atoms with Gasteiger partial charge >= 0.3 is 0 Å². The molecule has 0 bridgehead atoms. The third-order valence-electron chi connectivity index (χ3n) is 2.22. The van der Waals surface area contributed by atoms with Crippen LogP contribution in [0.15, 0.2) is 36.8 Å². The molecule has 2 N–H and O–H groups in total. The van der Waals surface area contributed by atoms with Crippen LogP contribution in [0.3, 0.4) is 0 Å². The van der Waals surface area contributed by atoms with E-state index < -0.39 is 0 Å². The summed E-state index contributed by atoms with van der Waals surface area (Å²) in [4.78, 5) is 4.03. The van der Waals surface area contributed by atoms with E-state index in [0.29, 0.717) is 6.54 Å². The summed E-state index contributed by atoms with van der Waals surface area (Å²) in [5.74, 6) is 0.243. The number of phenols is 1. The molecule has 0 atom stereocenters. The van der Waals surface area contributed by atoms with Crippen molar-refractivity contribution in [2.45, 2.75) is 6.54 Å². The molecule has 1 heterocycles. The van der Waals surface area contributed by atoms with E-state index in [1.165, 1.54) is 0 Å². The molecule has 0 fully saturated rings. The second-order valence-corrected chi connectivity index (χ2v) is 3.24. The van der Waals surface area contributed by atoms with Crippen LogP contribution in [0.2, 0.25) is 0 Å². The fourth-order valence-corrected chi connectivity index (χ4v) is 1.48. The molecule has 1 aromatic heterocycles. The first-order chi connectivity index (χ1) is 7.31. The van der Waals surface area contributed by atoms with Gasteiger partial charge < -0.3 is 14.8 Å². The molecular weight excluding hydrogens is 192 g/mol. The van der Waals surface area contributed by atoms with Crippen LogP contribution in [0, 0.1) is 0 Å². The van der Waals surface area contributed by atoms with Gasteiger partial charge in [0.1, 0.15) is 5.75 Å². The molecule has 0 saturated carbocycles. The molecule has 1 aromatic carbocycles. The fraction of sp³-hybridized carbons (Fsp3) is 0.182. The highest BCUT2D eigenvalue weighted by atomic mass is 16.3. The van der Waals surface area contributed by atoms with E-state index in [9.17, 15) is 0 Å². The Morgan fingerprint density at radius 1 is 1.20 bits per heavy atom. The first-order valence-electron chi connectivity index (χ1n) is 4.71. The lowest BCUT2D eigenvalue weighted by molar-refractivity contribution is 0.276. The minimum atomic E-state index is 0.0848. The lowest BCUT2D eigenvalue weighted by Crippen LogP contribution is -2.01. The molecule has 0 aliphatic carbocycles. The van der Waals surface area contributed by atoms with Gasteiger partial charge in [0.2, 0.25) is 0 Å². The molecule has 2 rings (SSSR count). The van der Waals surface area contributed by atoms with Crippen molar-refractivity contribution in [2.75, 3.05) is 6.61 Å². The van der Waals surface area contributed by atoms with Gasteiger partial charge in [-0.3, -0.25) is 0 Å². The Bertz CT molecular complexity index is 434. The molecule has 15 heavy (non-hydrogen) atoms. The normalized spacial score (nSPS) is 10.5. The largest absolute Gasteiger partial charge is 0.508 e. The van der Waals surface area contributed by atoms with Crippen LogP contribution in [-0.4, -0.2) is 26.4 Å². The number of aromatic hydroxyl groups is 1. The zero-order valence-corrected chi connectivity index (χ0v) is 8.17. The third-order valence-corrected chi connectivity index (χ3v) is 2.22. The summed E-state index contributed by atoms with van der Waals surface area (Å²) in [5, 5.41) is 18.0. The zero-order chi connectivity index (χ0) is 10.7. The van der Waals surface area contributed by atoms with Crippen molar-refractivity contribution in [1.82, 2.24) is 9.55 Å². The molecular formula is C11H12N2O2. The smallest absolute Gasteiger partial charge is 0.115 e. The van der Waals surface area contributed by atoms with Crippen molar-refractivity contribution in [1.29, 1.82) is 0 Å². The van der Waals surface area contributed by atoms with Gasteiger partial charge in [-0.05, 0) is 24.3 Å². The van der Waals surface area contributed by atoms with Crippen molar-refractivity contribution in [2.24, 2.45) is 0 Å². The van der Waals surface area contributed by atoms with Crippen LogP contribution in [0.5, 0.6) is 5.75 Å². The number of hydrogen-bond donors (Lipinski definition) is 2. The van der Waals surface area contributed by atoms with Gasteiger partial charge in [0.15, 0.2) is 0 Å². The van der Waals surface area contributed by atoms with Gasteiger partial charge in [0.05, 0.1) is 24.8 Å². The van der Waals surface area contributed by atoms with Crippen molar-refractivity contribution in [3.05, 3.63) is 36.8 Å². The van der Waals surface area contributed by atoms with Crippen LogP contribution in [-0.2, 0) is 6.54 Å². The molecule has 0 aliphatic heterocycles. The molecule has 0 spiro atoms. The van der Waals surface area contributed by atoms with Crippen LogP contribution >= 0.6 is 0 Å². The number of imidazole rings is 1. The number of aliphatic hydroxyl groups excluding tert-OH is 1. The molecule has 4 heteroatoms. The molecule has 78 valence electrons. The van der Waals surface area contributed by atoms with Crippen molar-refractivity contribution in [3.8, 4) is 17.0 Å². The summed E-state index contributed by atoms with van der Waals surface area (Å²) >= 11 is 0. The molecule has 0 aliphatic rings. The van der Waals surface area contributed by atoms with E-state index in [0.717, 1.165) is 11.3 Å². The number of hydrogen-bond acceptors (Lipinski definition) is 3. The van der Waals surface area contributed by atoms with E-state index in [1.54, 1.807) is 24.7 Å². The quantitative estimate of drug-likeness (QED) is 0.791. The number of rotatable bonds is 3. The number of nitrogens with zero attached hydrogens (tertiary/aromatic N) is 2. The minimum absolute atomic E-state index is 0.0848. The molecule has 4 nitrogen and oxygen atoms in total. The van der Waals surface area contributed by atoms with E-state index in [1.807, 2.05) is 16.7 Å². The first kappa shape index (κ1) is 9.73. The summed E-state index contributed by atoms with van der Waals surface area (Å²) in [5.41, 5.74) is 1.91. The van der Waals surface area contributed by atoms with Gasteiger partial charge in [-0.1, -0.05) is 0 Å². The zero-order valence-electron chi connectivity index (χ0n) is 8.17. The Labute approximate surface area is 87.4 Å². The predicted molar refractivity (Wildman–Crippen MR) is 56.4 cm³/mol. The van der Waals surface area contributed by atoms with Crippen molar-refractivity contribution >= 4 is 0 Å². The Morgan fingerprint density at radius 3 is 2.60 bits per heavy atom. The van der Waals surface area contributed by atoms with Gasteiger partial charge in [-0.25, -0.2) is 4.98 Å².